The summed E-state index contributed by atoms with van der Waals surface area (Å²) in [6.45, 7) is 2.58. The lowest BCUT2D eigenvalue weighted by Gasteiger charge is -2.42. The lowest BCUT2D eigenvalue weighted by molar-refractivity contribution is -0.138. The monoisotopic (exact) mass is 530 g/mol. The van der Waals surface area contributed by atoms with Gasteiger partial charge in [0.1, 0.15) is 11.6 Å². The molecule has 0 saturated heterocycles. The SMILES string of the molecule is CC(C(=O)N(Cc1ccccc1F)Cc1ccccc1F)N1CCc2ccccc2C1c1ccccc1Cl. The van der Waals surface area contributed by atoms with Crippen LogP contribution in [-0.2, 0) is 24.3 Å². The van der Waals surface area contributed by atoms with Gasteiger partial charge in [-0.2, -0.15) is 0 Å². The van der Waals surface area contributed by atoms with Crippen LogP contribution in [0, 0.1) is 11.6 Å². The molecule has 1 heterocycles. The highest BCUT2D eigenvalue weighted by molar-refractivity contribution is 6.31. The Morgan fingerprint density at radius 3 is 1.97 bits per heavy atom. The summed E-state index contributed by atoms with van der Waals surface area (Å²) >= 11 is 6.68. The Balaban J connectivity index is 1.51. The highest BCUT2D eigenvalue weighted by atomic mass is 35.5. The number of nitrogens with zero attached hydrogens (tertiary/aromatic N) is 2. The van der Waals surface area contributed by atoms with Crippen LogP contribution in [0.4, 0.5) is 8.78 Å². The summed E-state index contributed by atoms with van der Waals surface area (Å²) in [6.07, 6.45) is 0.787. The number of hydrogen-bond donors (Lipinski definition) is 0. The van der Waals surface area contributed by atoms with E-state index < -0.39 is 17.7 Å². The average Bonchev–Trinajstić information content (AvgIpc) is 2.94. The molecule has 0 spiro atoms. The van der Waals surface area contributed by atoms with Gasteiger partial charge < -0.3 is 4.90 Å². The normalized spacial score (nSPS) is 16.1. The molecule has 2 atom stereocenters. The van der Waals surface area contributed by atoms with Gasteiger partial charge in [-0.3, -0.25) is 9.69 Å². The van der Waals surface area contributed by atoms with Crippen LogP contribution < -0.4 is 0 Å². The molecule has 0 aliphatic carbocycles. The molecule has 1 aliphatic heterocycles. The molecule has 38 heavy (non-hydrogen) atoms. The van der Waals surface area contributed by atoms with E-state index in [4.69, 9.17) is 11.6 Å². The van der Waals surface area contributed by atoms with Crippen molar-refractivity contribution in [3.8, 4) is 0 Å². The van der Waals surface area contributed by atoms with Crippen molar-refractivity contribution >= 4 is 17.5 Å². The van der Waals surface area contributed by atoms with E-state index in [1.807, 2.05) is 43.3 Å². The fraction of sp³-hybridized carbons (Fsp3) is 0.219. The quantitative estimate of drug-likeness (QED) is 0.252. The van der Waals surface area contributed by atoms with Gasteiger partial charge in [-0.15, -0.1) is 0 Å². The predicted molar refractivity (Wildman–Crippen MR) is 147 cm³/mol. The highest BCUT2D eigenvalue weighted by Crippen LogP contribution is 2.39. The van der Waals surface area contributed by atoms with Gasteiger partial charge in [0.15, 0.2) is 0 Å². The van der Waals surface area contributed by atoms with Crippen LogP contribution in [0.25, 0.3) is 0 Å². The number of benzene rings is 4. The molecule has 2 unspecified atom stereocenters. The Morgan fingerprint density at radius 2 is 1.37 bits per heavy atom. The molecule has 194 valence electrons. The maximum absolute atomic E-state index is 14.6. The maximum Gasteiger partial charge on any atom is 0.240 e. The Bertz CT molecular complexity index is 1390. The maximum atomic E-state index is 14.6. The van der Waals surface area contributed by atoms with E-state index in [1.165, 1.54) is 17.7 Å². The smallest absolute Gasteiger partial charge is 0.240 e. The van der Waals surface area contributed by atoms with Crippen LogP contribution in [0.3, 0.4) is 0 Å². The Kier molecular flexibility index (Phi) is 7.87. The van der Waals surface area contributed by atoms with E-state index in [2.05, 4.69) is 17.0 Å². The summed E-state index contributed by atoms with van der Waals surface area (Å²) in [4.78, 5) is 17.9. The predicted octanol–water partition coefficient (Wildman–Crippen LogP) is 7.18. The van der Waals surface area contributed by atoms with Crippen molar-refractivity contribution in [1.29, 1.82) is 0 Å². The molecular weight excluding hydrogens is 502 g/mol. The van der Waals surface area contributed by atoms with Crippen molar-refractivity contribution in [2.45, 2.75) is 38.5 Å². The number of rotatable bonds is 7. The van der Waals surface area contributed by atoms with Crippen molar-refractivity contribution in [1.82, 2.24) is 9.80 Å². The third-order valence-corrected chi connectivity index (χ3v) is 7.67. The lowest BCUT2D eigenvalue weighted by Crippen LogP contribution is -2.50. The van der Waals surface area contributed by atoms with Gasteiger partial charge in [0, 0.05) is 35.8 Å². The first-order valence-corrected chi connectivity index (χ1v) is 13.2. The zero-order valence-electron chi connectivity index (χ0n) is 21.2. The first-order valence-electron chi connectivity index (χ1n) is 12.8. The standard InChI is InChI=1S/C32H29ClF2N2O/c1-22(37-19-18-23-10-2-5-13-26(23)31(37)27-14-6-7-15-28(27)33)32(38)36(20-24-11-3-8-16-29(24)34)21-25-12-4-9-17-30(25)35/h2-17,22,31H,18-21H2,1H3. The van der Waals surface area contributed by atoms with Gasteiger partial charge in [-0.25, -0.2) is 8.78 Å². The van der Waals surface area contributed by atoms with Crippen molar-refractivity contribution in [2.75, 3.05) is 6.54 Å². The summed E-state index contributed by atoms with van der Waals surface area (Å²) in [6, 6.07) is 27.9. The largest absolute Gasteiger partial charge is 0.332 e. The van der Waals surface area contributed by atoms with Gasteiger partial charge in [0.05, 0.1) is 12.1 Å². The molecule has 0 radical (unpaired) electrons. The molecule has 0 N–H and O–H groups in total. The molecule has 1 aliphatic rings. The molecule has 1 amide bonds. The minimum Gasteiger partial charge on any atom is -0.332 e. The topological polar surface area (TPSA) is 23.6 Å². The van der Waals surface area contributed by atoms with E-state index in [0.717, 1.165) is 17.5 Å². The second-order valence-corrected chi connectivity index (χ2v) is 10.1. The molecule has 0 aromatic heterocycles. The summed E-state index contributed by atoms with van der Waals surface area (Å²) in [5.74, 6) is -0.993. The van der Waals surface area contributed by atoms with Gasteiger partial charge in [-0.1, -0.05) is 90.5 Å². The van der Waals surface area contributed by atoms with Gasteiger partial charge >= 0.3 is 0 Å². The van der Waals surface area contributed by atoms with E-state index in [0.29, 0.717) is 22.7 Å². The van der Waals surface area contributed by atoms with Crippen LogP contribution >= 0.6 is 11.6 Å². The molecule has 0 bridgehead atoms. The highest BCUT2D eigenvalue weighted by Gasteiger charge is 2.37. The number of carbonyl (C=O) groups is 1. The molecule has 6 heteroatoms. The van der Waals surface area contributed by atoms with Crippen LogP contribution in [0.2, 0.25) is 5.02 Å². The second kappa shape index (κ2) is 11.5. The van der Waals surface area contributed by atoms with E-state index in [1.54, 1.807) is 41.3 Å². The van der Waals surface area contributed by atoms with Gasteiger partial charge in [-0.05, 0) is 48.2 Å². The van der Waals surface area contributed by atoms with Crippen LogP contribution in [-0.4, -0.2) is 28.3 Å². The van der Waals surface area contributed by atoms with E-state index in [-0.39, 0.29) is 25.0 Å². The van der Waals surface area contributed by atoms with Gasteiger partial charge in [0.25, 0.3) is 0 Å². The molecule has 0 fully saturated rings. The Morgan fingerprint density at radius 1 is 0.842 bits per heavy atom. The Hall–Kier alpha value is -3.54. The fourth-order valence-corrected chi connectivity index (χ4v) is 5.57. The minimum atomic E-state index is -0.567. The summed E-state index contributed by atoms with van der Waals surface area (Å²) in [7, 11) is 0. The molecule has 4 aromatic carbocycles. The molecule has 5 rings (SSSR count). The minimum absolute atomic E-state index is 0.0331. The average molecular weight is 531 g/mol. The lowest BCUT2D eigenvalue weighted by atomic mass is 9.87. The van der Waals surface area contributed by atoms with Crippen LogP contribution in [0.15, 0.2) is 97.1 Å². The second-order valence-electron chi connectivity index (χ2n) is 9.66. The fourth-order valence-electron chi connectivity index (χ4n) is 5.33. The number of halogens is 3. The number of fused-ring (bicyclic) bond motifs is 1. The third-order valence-electron chi connectivity index (χ3n) is 7.33. The van der Waals surface area contributed by atoms with Crippen molar-refractivity contribution in [3.63, 3.8) is 0 Å². The number of carbonyl (C=O) groups excluding carboxylic acids is 1. The number of hydrogen-bond acceptors (Lipinski definition) is 2. The Labute approximate surface area is 227 Å². The van der Waals surface area contributed by atoms with Gasteiger partial charge in [0.2, 0.25) is 5.91 Å². The molecule has 4 aromatic rings. The summed E-state index contributed by atoms with van der Waals surface area (Å²) in [5, 5.41) is 0.633. The molecule has 3 nitrogen and oxygen atoms in total. The van der Waals surface area contributed by atoms with Crippen molar-refractivity contribution in [3.05, 3.63) is 142 Å². The number of amides is 1. The molecule has 0 saturated carbocycles. The van der Waals surface area contributed by atoms with E-state index >= 15 is 0 Å². The summed E-state index contributed by atoms with van der Waals surface area (Å²) in [5.41, 5.74) is 4.03. The van der Waals surface area contributed by atoms with Crippen LogP contribution in [0.1, 0.15) is 40.8 Å². The first kappa shape index (κ1) is 26.1. The van der Waals surface area contributed by atoms with Crippen LogP contribution in [0.5, 0.6) is 0 Å². The van der Waals surface area contributed by atoms with E-state index in [9.17, 15) is 13.6 Å². The third kappa shape index (κ3) is 5.35. The zero-order valence-corrected chi connectivity index (χ0v) is 21.9. The van der Waals surface area contributed by atoms with Crippen molar-refractivity contribution < 1.29 is 13.6 Å². The zero-order chi connectivity index (χ0) is 26.6. The first-order chi connectivity index (χ1) is 18.4. The summed E-state index contributed by atoms with van der Waals surface area (Å²) < 4.78 is 29.3. The molecular formula is C32H29ClF2N2O. The van der Waals surface area contributed by atoms with Crippen molar-refractivity contribution in [2.24, 2.45) is 0 Å².